The zero-order valence-corrected chi connectivity index (χ0v) is 21.7. The lowest BCUT2D eigenvalue weighted by molar-refractivity contribution is -0.137. The van der Waals surface area contributed by atoms with Gasteiger partial charge in [0.15, 0.2) is 0 Å². The second kappa shape index (κ2) is 9.17. The van der Waals surface area contributed by atoms with E-state index in [0.717, 1.165) is 45.9 Å². The van der Waals surface area contributed by atoms with Crippen LogP contribution in [0, 0.1) is 6.92 Å². The van der Waals surface area contributed by atoms with Crippen LogP contribution in [0.4, 0.5) is 13.2 Å². The molecule has 33 heavy (non-hydrogen) atoms. The van der Waals surface area contributed by atoms with E-state index in [1.54, 1.807) is 12.1 Å². The summed E-state index contributed by atoms with van der Waals surface area (Å²) in [5.41, 5.74) is 6.87. The summed E-state index contributed by atoms with van der Waals surface area (Å²) >= 11 is 0. The monoisotopic (exact) mass is 472 g/mol. The third-order valence-corrected chi connectivity index (χ3v) is 14.1. The molecule has 0 fully saturated rings. The maximum Gasteiger partial charge on any atom is 0.416 e. The highest BCUT2D eigenvalue weighted by molar-refractivity contribution is 6.88. The van der Waals surface area contributed by atoms with Gasteiger partial charge < -0.3 is 4.74 Å². The minimum atomic E-state index is -4.36. The van der Waals surface area contributed by atoms with E-state index in [2.05, 4.69) is 59.9 Å². The molecule has 1 aliphatic heterocycles. The molecule has 1 unspecified atom stereocenters. The van der Waals surface area contributed by atoms with Gasteiger partial charge >= 0.3 is 6.18 Å². The van der Waals surface area contributed by atoms with E-state index in [4.69, 9.17) is 4.74 Å². The van der Waals surface area contributed by atoms with Gasteiger partial charge in [0.25, 0.3) is 0 Å². The first-order valence-corrected chi connectivity index (χ1v) is 14.0. The highest BCUT2D eigenvalue weighted by Gasteiger charge is 2.43. The Kier molecular flexibility index (Phi) is 7.04. The van der Waals surface area contributed by atoms with Crippen molar-refractivity contribution in [2.24, 2.45) is 0 Å². The first-order valence-electron chi connectivity index (χ1n) is 11.7. The predicted molar refractivity (Wildman–Crippen MR) is 133 cm³/mol. The number of aryl methyl sites for hydroxylation is 1. The van der Waals surface area contributed by atoms with Crippen molar-refractivity contribution >= 4 is 8.07 Å². The fourth-order valence-electron chi connectivity index (χ4n) is 5.59. The van der Waals surface area contributed by atoms with Crippen LogP contribution in [0.5, 0.6) is 5.75 Å². The minimum Gasteiger partial charge on any atom is -0.457 e. The smallest absolute Gasteiger partial charge is 0.416 e. The average Bonchev–Trinajstić information content (AvgIpc) is 2.71. The SMILES string of the molecule is C=C1/C(=C/[Si](C(C)C)(C(C)C)C(C)C)Oc2ccc(C)cc2C1c1ccc(C(F)(F)F)cc1. The molecule has 1 nitrogen and oxygen atoms in total. The van der Waals surface area contributed by atoms with E-state index in [-0.39, 0.29) is 5.92 Å². The van der Waals surface area contributed by atoms with Gasteiger partial charge in [-0.2, -0.15) is 13.2 Å². The minimum absolute atomic E-state index is 0.250. The summed E-state index contributed by atoms with van der Waals surface area (Å²) in [6.45, 7) is 20.2. The summed E-state index contributed by atoms with van der Waals surface area (Å²) in [7, 11) is -1.95. The maximum absolute atomic E-state index is 13.2. The molecule has 0 bridgehead atoms. The van der Waals surface area contributed by atoms with E-state index in [9.17, 15) is 13.2 Å². The molecule has 5 heteroatoms. The molecule has 0 saturated heterocycles. The summed E-state index contributed by atoms with van der Waals surface area (Å²) in [5, 5.41) is 0. The molecule has 0 saturated carbocycles. The molecular weight excluding hydrogens is 437 g/mol. The van der Waals surface area contributed by atoms with Gasteiger partial charge in [-0.3, -0.25) is 0 Å². The lowest BCUT2D eigenvalue weighted by Gasteiger charge is -2.42. The molecule has 2 aromatic rings. The molecule has 1 aliphatic rings. The Balaban J connectivity index is 2.19. The number of hydrogen-bond acceptors (Lipinski definition) is 1. The second-order valence-corrected chi connectivity index (χ2v) is 15.9. The van der Waals surface area contributed by atoms with Crippen molar-refractivity contribution in [2.75, 3.05) is 0 Å². The lowest BCUT2D eigenvalue weighted by Crippen LogP contribution is -2.43. The number of rotatable bonds is 5. The molecule has 0 radical (unpaired) electrons. The standard InChI is InChI=1S/C28H35F3OSi/c1-17(2)33(18(3)4,19(5)6)16-26-21(8)27(24-15-20(7)9-14-25(24)32-26)22-10-12-23(13-11-22)28(29,30)31/h9-19,27H,8H2,1-7H3/b26-16-. The summed E-state index contributed by atoms with van der Waals surface area (Å²) < 4.78 is 45.9. The van der Waals surface area contributed by atoms with Crippen LogP contribution >= 0.6 is 0 Å². The maximum atomic E-state index is 13.2. The fourth-order valence-corrected chi connectivity index (χ4v) is 11.3. The quantitative estimate of drug-likeness (QED) is 0.394. The number of alkyl halides is 3. The molecule has 0 spiro atoms. The average molecular weight is 473 g/mol. The van der Waals surface area contributed by atoms with Gasteiger partial charge in [0.2, 0.25) is 0 Å². The third kappa shape index (κ3) is 4.70. The molecule has 0 aliphatic carbocycles. The van der Waals surface area contributed by atoms with E-state index < -0.39 is 19.8 Å². The largest absolute Gasteiger partial charge is 0.457 e. The van der Waals surface area contributed by atoms with Gasteiger partial charge in [-0.15, -0.1) is 0 Å². The van der Waals surface area contributed by atoms with Crippen LogP contribution in [0.1, 0.15) is 69.7 Å². The summed E-state index contributed by atoms with van der Waals surface area (Å²) in [4.78, 5) is 0. The molecule has 178 valence electrons. The number of allylic oxidation sites excluding steroid dienone is 1. The van der Waals surface area contributed by atoms with E-state index in [0.29, 0.717) is 16.6 Å². The number of hydrogen-bond donors (Lipinski definition) is 0. The predicted octanol–water partition coefficient (Wildman–Crippen LogP) is 9.20. The van der Waals surface area contributed by atoms with Crippen LogP contribution in [-0.4, -0.2) is 8.07 Å². The first kappa shape index (κ1) is 25.4. The molecule has 0 amide bonds. The van der Waals surface area contributed by atoms with Crippen LogP contribution < -0.4 is 4.74 Å². The number of fused-ring (bicyclic) bond motifs is 1. The zero-order valence-electron chi connectivity index (χ0n) is 20.7. The Morgan fingerprint density at radius 2 is 1.45 bits per heavy atom. The molecule has 3 rings (SSSR count). The molecule has 0 aromatic heterocycles. The lowest BCUT2D eigenvalue weighted by atomic mass is 9.82. The molecule has 1 atom stereocenters. The second-order valence-electron chi connectivity index (χ2n) is 10.2. The topological polar surface area (TPSA) is 9.23 Å². The van der Waals surface area contributed by atoms with Crippen molar-refractivity contribution in [1.29, 1.82) is 0 Å². The van der Waals surface area contributed by atoms with Gasteiger partial charge in [0.1, 0.15) is 11.5 Å². The van der Waals surface area contributed by atoms with E-state index in [1.807, 2.05) is 19.1 Å². The van der Waals surface area contributed by atoms with Crippen LogP contribution in [0.25, 0.3) is 0 Å². The number of halogens is 3. The fraction of sp³-hybridized carbons (Fsp3) is 0.429. The molecule has 1 heterocycles. The van der Waals surface area contributed by atoms with Crippen LogP contribution in [0.3, 0.4) is 0 Å². The van der Waals surface area contributed by atoms with Gasteiger partial charge in [0.05, 0.1) is 13.6 Å². The van der Waals surface area contributed by atoms with Gasteiger partial charge in [0, 0.05) is 11.5 Å². The van der Waals surface area contributed by atoms with Crippen molar-refractivity contribution in [1.82, 2.24) is 0 Å². The van der Waals surface area contributed by atoms with Gasteiger partial charge in [-0.05, 0) is 52.9 Å². The van der Waals surface area contributed by atoms with Gasteiger partial charge in [-0.25, -0.2) is 0 Å². The first-order chi connectivity index (χ1) is 15.3. The normalized spacial score (nSPS) is 18.3. The van der Waals surface area contributed by atoms with Crippen LogP contribution in [0.2, 0.25) is 16.6 Å². The van der Waals surface area contributed by atoms with Crippen LogP contribution in [-0.2, 0) is 6.18 Å². The summed E-state index contributed by atoms with van der Waals surface area (Å²) in [6, 6.07) is 11.5. The third-order valence-electron chi connectivity index (χ3n) is 7.31. The van der Waals surface area contributed by atoms with Crippen molar-refractivity contribution < 1.29 is 17.9 Å². The summed E-state index contributed by atoms with van der Waals surface area (Å²) in [6.07, 6.45) is -4.36. The van der Waals surface area contributed by atoms with Gasteiger partial charge in [-0.1, -0.05) is 83.6 Å². The Labute approximate surface area is 197 Å². The van der Waals surface area contributed by atoms with Crippen molar-refractivity contribution in [3.8, 4) is 5.75 Å². The van der Waals surface area contributed by atoms with Crippen LogP contribution in [0.15, 0.2) is 66.1 Å². The molecule has 0 N–H and O–H groups in total. The van der Waals surface area contributed by atoms with Crippen molar-refractivity contribution in [3.05, 3.63) is 88.3 Å². The molecule has 2 aromatic carbocycles. The molecular formula is C28H35F3OSi. The Hall–Kier alpha value is -2.27. The Morgan fingerprint density at radius 3 is 1.94 bits per heavy atom. The Morgan fingerprint density at radius 1 is 0.909 bits per heavy atom. The zero-order chi connectivity index (χ0) is 24.7. The summed E-state index contributed by atoms with van der Waals surface area (Å²) in [5.74, 6) is 1.28. The van der Waals surface area contributed by atoms with E-state index in [1.165, 1.54) is 0 Å². The van der Waals surface area contributed by atoms with Crippen molar-refractivity contribution in [3.63, 3.8) is 0 Å². The number of benzene rings is 2. The Bertz CT molecular complexity index is 1020. The highest BCUT2D eigenvalue weighted by Crippen LogP contribution is 2.49. The van der Waals surface area contributed by atoms with E-state index >= 15 is 0 Å². The highest BCUT2D eigenvalue weighted by atomic mass is 28.3. The number of ether oxygens (including phenoxy) is 1. The van der Waals surface area contributed by atoms with Crippen molar-refractivity contribution in [2.45, 2.75) is 77.2 Å².